The van der Waals surface area contributed by atoms with E-state index in [2.05, 4.69) is 27.4 Å². The van der Waals surface area contributed by atoms with Crippen LogP contribution in [-0.2, 0) is 4.74 Å². The van der Waals surface area contributed by atoms with Crippen molar-refractivity contribution in [3.8, 4) is 11.4 Å². The quantitative estimate of drug-likeness (QED) is 0.764. The van der Waals surface area contributed by atoms with Crippen LogP contribution in [0.15, 0.2) is 42.5 Å². The molecule has 0 radical (unpaired) electrons. The molecule has 4 nitrogen and oxygen atoms in total. The summed E-state index contributed by atoms with van der Waals surface area (Å²) in [5, 5.41) is 3.32. The van der Waals surface area contributed by atoms with Gasteiger partial charge in [-0.15, -0.1) is 0 Å². The van der Waals surface area contributed by atoms with Crippen LogP contribution in [0.4, 0.5) is 4.39 Å². The Hall–Kier alpha value is -2.24. The molecule has 0 spiro atoms. The van der Waals surface area contributed by atoms with E-state index in [1.165, 1.54) is 12.1 Å². The molecule has 0 aliphatic carbocycles. The first-order valence-corrected chi connectivity index (χ1v) is 7.37. The number of hydrogen-bond acceptors (Lipinski definition) is 3. The van der Waals surface area contributed by atoms with Gasteiger partial charge in [-0.25, -0.2) is 9.37 Å². The van der Waals surface area contributed by atoms with Crippen molar-refractivity contribution in [1.82, 2.24) is 15.3 Å². The summed E-state index contributed by atoms with van der Waals surface area (Å²) in [4.78, 5) is 7.66. The largest absolute Gasteiger partial charge is 0.371 e. The molecule has 2 N–H and O–H groups in total. The van der Waals surface area contributed by atoms with Gasteiger partial charge in [-0.3, -0.25) is 0 Å². The van der Waals surface area contributed by atoms with Crippen molar-refractivity contribution in [2.45, 2.75) is 6.10 Å². The minimum absolute atomic E-state index is 0.104. The molecule has 1 aromatic heterocycles. The highest BCUT2D eigenvalue weighted by Crippen LogP contribution is 2.24. The fraction of sp³-hybridized carbons (Fsp3) is 0.235. The summed E-state index contributed by atoms with van der Waals surface area (Å²) in [6.07, 6.45) is 0.104. The summed E-state index contributed by atoms with van der Waals surface area (Å²) in [6.45, 7) is 2.48. The van der Waals surface area contributed by atoms with Crippen LogP contribution in [-0.4, -0.2) is 29.7 Å². The molecule has 3 aromatic rings. The van der Waals surface area contributed by atoms with Gasteiger partial charge in [0.1, 0.15) is 11.6 Å². The van der Waals surface area contributed by atoms with Crippen LogP contribution in [0.5, 0.6) is 0 Å². The topological polar surface area (TPSA) is 49.9 Å². The third-order valence-electron chi connectivity index (χ3n) is 3.93. The smallest absolute Gasteiger partial charge is 0.138 e. The van der Waals surface area contributed by atoms with Crippen LogP contribution >= 0.6 is 0 Å². The molecule has 0 amide bonds. The lowest BCUT2D eigenvalue weighted by Crippen LogP contribution is -2.33. The van der Waals surface area contributed by atoms with Gasteiger partial charge in [0.15, 0.2) is 0 Å². The number of ether oxygens (including phenoxy) is 1. The summed E-state index contributed by atoms with van der Waals surface area (Å²) < 4.78 is 19.0. The third-order valence-corrected chi connectivity index (χ3v) is 3.93. The second kappa shape index (κ2) is 5.51. The SMILES string of the molecule is Fc1ccc2nc(-c3ccc(C4CNCCO4)cc3)[nH]c2c1. The van der Waals surface area contributed by atoms with Gasteiger partial charge in [-0.2, -0.15) is 0 Å². The number of nitrogens with zero attached hydrogens (tertiary/aromatic N) is 1. The first kappa shape index (κ1) is 13.4. The molecule has 2 heterocycles. The number of rotatable bonds is 2. The van der Waals surface area contributed by atoms with Gasteiger partial charge in [0.25, 0.3) is 0 Å². The van der Waals surface area contributed by atoms with Crippen molar-refractivity contribution < 1.29 is 9.13 Å². The highest BCUT2D eigenvalue weighted by molar-refractivity contribution is 5.79. The molecule has 4 rings (SSSR count). The van der Waals surface area contributed by atoms with Gasteiger partial charge in [0, 0.05) is 18.7 Å². The fourth-order valence-electron chi connectivity index (χ4n) is 2.75. The lowest BCUT2D eigenvalue weighted by molar-refractivity contribution is 0.0277. The van der Waals surface area contributed by atoms with Crippen molar-refractivity contribution in [2.24, 2.45) is 0 Å². The van der Waals surface area contributed by atoms with Gasteiger partial charge in [-0.1, -0.05) is 24.3 Å². The second-order valence-electron chi connectivity index (χ2n) is 5.43. The Morgan fingerprint density at radius 3 is 2.77 bits per heavy atom. The van der Waals surface area contributed by atoms with Crippen molar-refractivity contribution in [2.75, 3.05) is 19.7 Å². The minimum Gasteiger partial charge on any atom is -0.371 e. The first-order valence-electron chi connectivity index (χ1n) is 7.37. The third kappa shape index (κ3) is 2.49. The lowest BCUT2D eigenvalue weighted by Gasteiger charge is -2.24. The first-order chi connectivity index (χ1) is 10.8. The second-order valence-corrected chi connectivity index (χ2v) is 5.43. The van der Waals surface area contributed by atoms with Gasteiger partial charge < -0.3 is 15.0 Å². The number of hydrogen-bond donors (Lipinski definition) is 2. The number of morpholine rings is 1. The molecule has 0 saturated carbocycles. The number of benzene rings is 2. The van der Waals surface area contributed by atoms with Crippen molar-refractivity contribution in [3.63, 3.8) is 0 Å². The molecule has 112 valence electrons. The summed E-state index contributed by atoms with van der Waals surface area (Å²) in [6, 6.07) is 12.7. The monoisotopic (exact) mass is 297 g/mol. The van der Waals surface area contributed by atoms with Crippen molar-refractivity contribution >= 4 is 11.0 Å². The summed E-state index contributed by atoms with van der Waals surface area (Å²) in [7, 11) is 0. The highest BCUT2D eigenvalue weighted by Gasteiger charge is 2.15. The maximum Gasteiger partial charge on any atom is 0.138 e. The standard InChI is InChI=1S/C17H16FN3O/c18-13-5-6-14-15(9-13)21-17(20-14)12-3-1-11(2-4-12)16-10-19-7-8-22-16/h1-6,9,16,19H,7-8,10H2,(H,20,21). The fourth-order valence-corrected chi connectivity index (χ4v) is 2.75. The highest BCUT2D eigenvalue weighted by atomic mass is 19.1. The van der Waals surface area contributed by atoms with E-state index in [1.807, 2.05) is 12.1 Å². The van der Waals surface area contributed by atoms with Crippen LogP contribution in [0.25, 0.3) is 22.4 Å². The Labute approximate surface area is 127 Å². The van der Waals surface area contributed by atoms with Crippen LogP contribution in [0.3, 0.4) is 0 Å². The Bertz CT molecular complexity index is 791. The van der Waals surface area contributed by atoms with E-state index in [9.17, 15) is 4.39 Å². The Balaban J connectivity index is 1.63. The zero-order valence-electron chi connectivity index (χ0n) is 12.0. The number of nitrogens with one attached hydrogen (secondary N) is 2. The molecule has 1 aliphatic heterocycles. The van der Waals surface area contributed by atoms with Crippen LogP contribution in [0.2, 0.25) is 0 Å². The maximum atomic E-state index is 13.2. The van der Waals surface area contributed by atoms with E-state index in [0.29, 0.717) is 5.52 Å². The van der Waals surface area contributed by atoms with E-state index in [-0.39, 0.29) is 11.9 Å². The van der Waals surface area contributed by atoms with Crippen LogP contribution in [0, 0.1) is 5.82 Å². The minimum atomic E-state index is -0.264. The number of aromatic amines is 1. The average molecular weight is 297 g/mol. The maximum absolute atomic E-state index is 13.2. The molecule has 1 atom stereocenters. The molecule has 1 unspecified atom stereocenters. The molecule has 22 heavy (non-hydrogen) atoms. The van der Waals surface area contributed by atoms with Crippen LogP contribution < -0.4 is 5.32 Å². The van der Waals surface area contributed by atoms with Crippen molar-refractivity contribution in [3.05, 3.63) is 53.8 Å². The molecule has 0 bridgehead atoms. The lowest BCUT2D eigenvalue weighted by atomic mass is 10.1. The predicted molar refractivity (Wildman–Crippen MR) is 83.1 cm³/mol. The normalized spacial score (nSPS) is 18.7. The summed E-state index contributed by atoms with van der Waals surface area (Å²) in [5.74, 6) is 0.481. The number of H-pyrrole nitrogens is 1. The Morgan fingerprint density at radius 1 is 1.14 bits per heavy atom. The number of imidazole rings is 1. The summed E-state index contributed by atoms with van der Waals surface area (Å²) >= 11 is 0. The van der Waals surface area contributed by atoms with Crippen LogP contribution in [0.1, 0.15) is 11.7 Å². The van der Waals surface area contributed by atoms with E-state index in [0.717, 1.165) is 42.2 Å². The van der Waals surface area contributed by atoms with E-state index in [1.54, 1.807) is 6.07 Å². The van der Waals surface area contributed by atoms with Gasteiger partial charge in [0.05, 0.1) is 23.7 Å². The Kier molecular flexibility index (Phi) is 3.36. The van der Waals surface area contributed by atoms with E-state index in [4.69, 9.17) is 4.74 Å². The van der Waals surface area contributed by atoms with Gasteiger partial charge >= 0.3 is 0 Å². The number of fused-ring (bicyclic) bond motifs is 1. The summed E-state index contributed by atoms with van der Waals surface area (Å²) in [5.41, 5.74) is 3.60. The van der Waals surface area contributed by atoms with Crippen molar-refractivity contribution in [1.29, 1.82) is 0 Å². The molecule has 1 fully saturated rings. The van der Waals surface area contributed by atoms with Gasteiger partial charge in [-0.05, 0) is 23.8 Å². The molecule has 5 heteroatoms. The molecule has 2 aromatic carbocycles. The Morgan fingerprint density at radius 2 is 2.00 bits per heavy atom. The number of aromatic nitrogens is 2. The number of halogens is 1. The van der Waals surface area contributed by atoms with Gasteiger partial charge in [0.2, 0.25) is 0 Å². The molecule has 1 saturated heterocycles. The zero-order chi connectivity index (χ0) is 14.9. The predicted octanol–water partition coefficient (Wildman–Crippen LogP) is 3.03. The molecular formula is C17H16FN3O. The zero-order valence-corrected chi connectivity index (χ0v) is 12.0. The molecule has 1 aliphatic rings. The van der Waals surface area contributed by atoms with E-state index < -0.39 is 0 Å². The molecular weight excluding hydrogens is 281 g/mol. The van der Waals surface area contributed by atoms with E-state index >= 15 is 0 Å². The average Bonchev–Trinajstić information content (AvgIpc) is 2.99.